The third-order valence-electron chi connectivity index (χ3n) is 3.36. The van der Waals surface area contributed by atoms with Crippen molar-refractivity contribution in [1.82, 2.24) is 5.32 Å². The lowest BCUT2D eigenvalue weighted by molar-refractivity contribution is 0.0995. The highest BCUT2D eigenvalue weighted by Crippen LogP contribution is 2.23. The van der Waals surface area contributed by atoms with Gasteiger partial charge in [-0.15, -0.1) is 0 Å². The van der Waals surface area contributed by atoms with Gasteiger partial charge in [0.15, 0.2) is 5.76 Å². The van der Waals surface area contributed by atoms with E-state index in [0.717, 1.165) is 31.0 Å². The third kappa shape index (κ3) is 2.39. The Kier molecular flexibility index (Phi) is 3.09. The van der Waals surface area contributed by atoms with Crippen LogP contribution < -0.4 is 10.6 Å². The van der Waals surface area contributed by atoms with Gasteiger partial charge in [-0.25, -0.2) is 0 Å². The monoisotopic (exact) mass is 256 g/mol. The van der Waals surface area contributed by atoms with E-state index >= 15 is 0 Å². The van der Waals surface area contributed by atoms with Crippen molar-refractivity contribution in [3.8, 4) is 0 Å². The van der Waals surface area contributed by atoms with Crippen molar-refractivity contribution < 1.29 is 9.21 Å². The summed E-state index contributed by atoms with van der Waals surface area (Å²) >= 11 is 0. The van der Waals surface area contributed by atoms with Crippen LogP contribution in [0, 0.1) is 6.92 Å². The second-order valence-corrected chi connectivity index (χ2v) is 4.73. The molecule has 98 valence electrons. The second-order valence-electron chi connectivity index (χ2n) is 4.73. The summed E-state index contributed by atoms with van der Waals surface area (Å²) in [5, 5.41) is 6.25. The van der Waals surface area contributed by atoms with Crippen LogP contribution in [0.15, 0.2) is 34.7 Å². The average molecular weight is 256 g/mol. The number of carbonyl (C=O) groups excluding carboxylic acids is 1. The van der Waals surface area contributed by atoms with Crippen LogP contribution in [0.4, 0.5) is 5.69 Å². The fourth-order valence-electron chi connectivity index (χ4n) is 2.37. The number of amides is 1. The molecule has 0 radical (unpaired) electrons. The van der Waals surface area contributed by atoms with Crippen LogP contribution in [0.1, 0.15) is 27.4 Å². The van der Waals surface area contributed by atoms with E-state index in [1.54, 1.807) is 12.1 Å². The molecule has 3 rings (SSSR count). The molecule has 0 fully saturated rings. The predicted octanol–water partition coefficient (Wildman–Crippen LogP) is 2.49. The zero-order chi connectivity index (χ0) is 13.2. The molecule has 19 heavy (non-hydrogen) atoms. The predicted molar refractivity (Wildman–Crippen MR) is 73.3 cm³/mol. The van der Waals surface area contributed by atoms with Crippen LogP contribution >= 0.6 is 0 Å². The fraction of sp³-hybridized carbons (Fsp3) is 0.267. The molecule has 0 bridgehead atoms. The van der Waals surface area contributed by atoms with Gasteiger partial charge in [0.2, 0.25) is 0 Å². The van der Waals surface area contributed by atoms with Crippen LogP contribution in [-0.2, 0) is 13.0 Å². The van der Waals surface area contributed by atoms with Crippen LogP contribution in [0.2, 0.25) is 0 Å². The number of fused-ring (bicyclic) bond motifs is 1. The molecule has 4 nitrogen and oxygen atoms in total. The number of aryl methyl sites for hydroxylation is 1. The van der Waals surface area contributed by atoms with E-state index < -0.39 is 0 Å². The van der Waals surface area contributed by atoms with Crippen molar-refractivity contribution in [3.63, 3.8) is 0 Å². The van der Waals surface area contributed by atoms with E-state index in [9.17, 15) is 4.79 Å². The lowest BCUT2D eigenvalue weighted by Gasteiger charge is -2.20. The highest BCUT2D eigenvalue weighted by molar-refractivity contribution is 6.02. The number of carbonyl (C=O) groups is 1. The minimum absolute atomic E-state index is 0.202. The lowest BCUT2D eigenvalue weighted by atomic mass is 9.99. The van der Waals surface area contributed by atoms with Gasteiger partial charge in [-0.1, -0.05) is 12.1 Å². The van der Waals surface area contributed by atoms with Gasteiger partial charge in [0, 0.05) is 12.2 Å². The van der Waals surface area contributed by atoms with Gasteiger partial charge in [-0.3, -0.25) is 4.79 Å². The van der Waals surface area contributed by atoms with E-state index in [-0.39, 0.29) is 5.91 Å². The first-order valence-electron chi connectivity index (χ1n) is 6.43. The number of nitrogens with one attached hydrogen (secondary N) is 2. The van der Waals surface area contributed by atoms with Crippen LogP contribution in [-0.4, -0.2) is 12.5 Å². The Morgan fingerprint density at radius 3 is 3.00 bits per heavy atom. The van der Waals surface area contributed by atoms with Crippen molar-refractivity contribution in [2.45, 2.75) is 19.9 Å². The molecule has 2 heterocycles. The number of furan rings is 1. The Bertz CT molecular complexity index is 616. The van der Waals surface area contributed by atoms with Crippen LogP contribution in [0.3, 0.4) is 0 Å². The summed E-state index contributed by atoms with van der Waals surface area (Å²) in [6, 6.07) is 9.50. The van der Waals surface area contributed by atoms with E-state index in [4.69, 9.17) is 4.42 Å². The molecule has 0 saturated heterocycles. The SMILES string of the molecule is Cc1ccc(C(=O)Nc2cccc3c2CNCC3)o1. The van der Waals surface area contributed by atoms with Crippen molar-refractivity contribution in [3.05, 3.63) is 53.0 Å². The first-order chi connectivity index (χ1) is 9.24. The fourth-order valence-corrected chi connectivity index (χ4v) is 2.37. The van der Waals surface area contributed by atoms with E-state index in [1.165, 1.54) is 11.1 Å². The van der Waals surface area contributed by atoms with E-state index in [2.05, 4.69) is 16.7 Å². The Morgan fingerprint density at radius 2 is 2.21 bits per heavy atom. The molecular formula is C15H16N2O2. The van der Waals surface area contributed by atoms with Crippen molar-refractivity contribution in [1.29, 1.82) is 0 Å². The molecule has 1 aliphatic heterocycles. The maximum Gasteiger partial charge on any atom is 0.291 e. The Labute approximate surface area is 111 Å². The normalized spacial score (nSPS) is 13.9. The summed E-state index contributed by atoms with van der Waals surface area (Å²) in [7, 11) is 0. The standard InChI is InChI=1S/C15H16N2O2/c1-10-5-6-14(19-10)15(18)17-13-4-2-3-11-7-8-16-9-12(11)13/h2-6,16H,7-9H2,1H3,(H,17,18). The average Bonchev–Trinajstić information content (AvgIpc) is 2.86. The maximum absolute atomic E-state index is 12.1. The minimum atomic E-state index is -0.202. The van der Waals surface area contributed by atoms with Crippen molar-refractivity contribution >= 4 is 11.6 Å². The summed E-state index contributed by atoms with van der Waals surface area (Å²) < 4.78 is 5.33. The highest BCUT2D eigenvalue weighted by Gasteiger charge is 2.16. The van der Waals surface area contributed by atoms with E-state index in [0.29, 0.717) is 5.76 Å². The third-order valence-corrected chi connectivity index (χ3v) is 3.36. The molecule has 0 atom stereocenters. The molecule has 0 saturated carbocycles. The van der Waals surface area contributed by atoms with Gasteiger partial charge in [-0.05, 0) is 49.2 Å². The van der Waals surface area contributed by atoms with Gasteiger partial charge in [0.1, 0.15) is 5.76 Å². The molecule has 2 aromatic rings. The molecule has 1 aromatic heterocycles. The maximum atomic E-state index is 12.1. The zero-order valence-electron chi connectivity index (χ0n) is 10.8. The lowest BCUT2D eigenvalue weighted by Crippen LogP contribution is -2.25. The quantitative estimate of drug-likeness (QED) is 0.868. The van der Waals surface area contributed by atoms with Gasteiger partial charge < -0.3 is 15.1 Å². The number of benzene rings is 1. The molecule has 1 aliphatic rings. The minimum Gasteiger partial charge on any atom is -0.456 e. The highest BCUT2D eigenvalue weighted by atomic mass is 16.3. The summed E-state index contributed by atoms with van der Waals surface area (Å²) in [4.78, 5) is 12.1. The molecule has 4 heteroatoms. The molecule has 1 aromatic carbocycles. The Hall–Kier alpha value is -2.07. The first-order valence-corrected chi connectivity index (χ1v) is 6.43. The molecule has 0 aliphatic carbocycles. The van der Waals surface area contributed by atoms with Crippen LogP contribution in [0.25, 0.3) is 0 Å². The molecule has 0 spiro atoms. The van der Waals surface area contributed by atoms with Gasteiger partial charge >= 0.3 is 0 Å². The van der Waals surface area contributed by atoms with Crippen molar-refractivity contribution in [2.24, 2.45) is 0 Å². The zero-order valence-corrected chi connectivity index (χ0v) is 10.8. The van der Waals surface area contributed by atoms with Gasteiger partial charge in [-0.2, -0.15) is 0 Å². The van der Waals surface area contributed by atoms with Crippen LogP contribution in [0.5, 0.6) is 0 Å². The summed E-state index contributed by atoms with van der Waals surface area (Å²) in [6.07, 6.45) is 0.999. The number of hydrogen-bond donors (Lipinski definition) is 2. The molecule has 2 N–H and O–H groups in total. The molecular weight excluding hydrogens is 240 g/mol. The first kappa shape index (κ1) is 12.0. The summed E-state index contributed by atoms with van der Waals surface area (Å²) in [5.74, 6) is 0.882. The van der Waals surface area contributed by atoms with Gasteiger partial charge in [0.05, 0.1) is 0 Å². The summed E-state index contributed by atoms with van der Waals surface area (Å²) in [5.41, 5.74) is 3.33. The smallest absolute Gasteiger partial charge is 0.291 e. The Balaban J connectivity index is 1.85. The van der Waals surface area contributed by atoms with Crippen molar-refractivity contribution in [2.75, 3.05) is 11.9 Å². The number of anilines is 1. The number of hydrogen-bond acceptors (Lipinski definition) is 3. The molecule has 0 unspecified atom stereocenters. The summed E-state index contributed by atoms with van der Waals surface area (Å²) in [6.45, 7) is 3.61. The molecule has 1 amide bonds. The Morgan fingerprint density at radius 1 is 1.32 bits per heavy atom. The largest absolute Gasteiger partial charge is 0.456 e. The second kappa shape index (κ2) is 4.90. The topological polar surface area (TPSA) is 54.3 Å². The number of rotatable bonds is 2. The van der Waals surface area contributed by atoms with E-state index in [1.807, 2.05) is 19.1 Å². The van der Waals surface area contributed by atoms with Gasteiger partial charge in [0.25, 0.3) is 5.91 Å².